The summed E-state index contributed by atoms with van der Waals surface area (Å²) in [6.07, 6.45) is 4.27. The van der Waals surface area contributed by atoms with Crippen molar-refractivity contribution >= 4 is 17.5 Å². The van der Waals surface area contributed by atoms with E-state index in [-0.39, 0.29) is 17.9 Å². The van der Waals surface area contributed by atoms with Crippen molar-refractivity contribution in [1.82, 2.24) is 4.90 Å². The maximum Gasteiger partial charge on any atom is 0.224 e. The summed E-state index contributed by atoms with van der Waals surface area (Å²) in [5.74, 6) is 1.05. The number of aryl methyl sites for hydroxylation is 1. The molecule has 0 bridgehead atoms. The molecule has 6 heteroatoms. The number of nitrogens with two attached hydrogens (primary N) is 1. The highest BCUT2D eigenvalue weighted by Gasteiger charge is 2.20. The third-order valence-electron chi connectivity index (χ3n) is 4.67. The van der Waals surface area contributed by atoms with Crippen molar-refractivity contribution in [2.24, 2.45) is 5.73 Å². The molecule has 24 heavy (non-hydrogen) atoms. The van der Waals surface area contributed by atoms with Crippen LogP contribution in [0.2, 0.25) is 0 Å². The molecule has 1 fully saturated rings. The Labute approximate surface area is 142 Å². The molecule has 0 unspecified atom stereocenters. The maximum absolute atomic E-state index is 12.1. The summed E-state index contributed by atoms with van der Waals surface area (Å²) in [7, 11) is 0. The second-order valence-electron chi connectivity index (χ2n) is 6.54. The largest absolute Gasteiger partial charge is 0.494 e. The number of rotatable bonds is 5. The number of ether oxygens (including phenoxy) is 1. The molecule has 0 atom stereocenters. The number of nitrogens with zero attached hydrogens (tertiary/aromatic N) is 1. The van der Waals surface area contributed by atoms with E-state index in [0.29, 0.717) is 25.9 Å². The van der Waals surface area contributed by atoms with E-state index in [1.165, 1.54) is 0 Å². The first kappa shape index (κ1) is 16.8. The van der Waals surface area contributed by atoms with Crippen LogP contribution in [-0.4, -0.2) is 42.5 Å². The minimum Gasteiger partial charge on any atom is -0.494 e. The van der Waals surface area contributed by atoms with Crippen molar-refractivity contribution < 1.29 is 14.3 Å². The predicted molar refractivity (Wildman–Crippen MR) is 91.9 cm³/mol. The lowest BCUT2D eigenvalue weighted by atomic mass is 10.0. The summed E-state index contributed by atoms with van der Waals surface area (Å²) >= 11 is 0. The van der Waals surface area contributed by atoms with Gasteiger partial charge < -0.3 is 20.7 Å². The Kier molecular flexibility index (Phi) is 5.35. The summed E-state index contributed by atoms with van der Waals surface area (Å²) in [6, 6.07) is 5.95. The van der Waals surface area contributed by atoms with Gasteiger partial charge in [0.05, 0.1) is 6.61 Å². The first-order valence-corrected chi connectivity index (χ1v) is 8.71. The lowest BCUT2D eigenvalue weighted by molar-refractivity contribution is -0.132. The normalized spacial score (nSPS) is 18.0. The number of hydrogen-bond donors (Lipinski definition) is 2. The Balaban J connectivity index is 1.40. The molecule has 1 saturated heterocycles. The molecule has 1 aromatic rings. The van der Waals surface area contributed by atoms with E-state index >= 15 is 0 Å². The van der Waals surface area contributed by atoms with Crippen LogP contribution in [0.15, 0.2) is 18.2 Å². The van der Waals surface area contributed by atoms with Crippen LogP contribution >= 0.6 is 0 Å². The van der Waals surface area contributed by atoms with E-state index in [0.717, 1.165) is 49.4 Å². The van der Waals surface area contributed by atoms with E-state index < -0.39 is 0 Å². The Morgan fingerprint density at radius 1 is 1.29 bits per heavy atom. The molecule has 3 N–H and O–H groups in total. The number of hydrogen-bond acceptors (Lipinski definition) is 4. The highest BCUT2D eigenvalue weighted by molar-refractivity contribution is 5.94. The topological polar surface area (TPSA) is 84.7 Å². The first-order chi connectivity index (χ1) is 11.6. The van der Waals surface area contributed by atoms with Gasteiger partial charge in [0.1, 0.15) is 5.75 Å². The van der Waals surface area contributed by atoms with E-state index in [1.54, 1.807) is 0 Å². The monoisotopic (exact) mass is 331 g/mol. The van der Waals surface area contributed by atoms with Gasteiger partial charge in [-0.25, -0.2) is 0 Å². The van der Waals surface area contributed by atoms with Gasteiger partial charge in [-0.1, -0.05) is 0 Å². The Morgan fingerprint density at radius 2 is 2.08 bits per heavy atom. The molecule has 1 aromatic carbocycles. The Hall–Kier alpha value is -2.08. The summed E-state index contributed by atoms with van der Waals surface area (Å²) in [5.41, 5.74) is 7.83. The minimum absolute atomic E-state index is 0.0633. The number of piperidine rings is 1. The van der Waals surface area contributed by atoms with Gasteiger partial charge in [-0.15, -0.1) is 0 Å². The van der Waals surface area contributed by atoms with Crippen LogP contribution in [0.3, 0.4) is 0 Å². The van der Waals surface area contributed by atoms with Crippen molar-refractivity contribution in [2.75, 3.05) is 25.0 Å². The smallest absolute Gasteiger partial charge is 0.224 e. The SMILES string of the molecule is NC1CCN(C(=O)CCCOc2ccc3c(c2)CCC(=O)N3)CC1. The fraction of sp³-hybridized carbons (Fsp3) is 0.556. The maximum atomic E-state index is 12.1. The molecule has 2 heterocycles. The van der Waals surface area contributed by atoms with Gasteiger partial charge in [0.15, 0.2) is 0 Å². The Morgan fingerprint density at radius 3 is 2.88 bits per heavy atom. The molecule has 2 aliphatic rings. The van der Waals surface area contributed by atoms with Crippen LogP contribution in [-0.2, 0) is 16.0 Å². The molecular formula is C18H25N3O3. The lowest BCUT2D eigenvalue weighted by Gasteiger charge is -2.30. The molecule has 130 valence electrons. The molecule has 0 saturated carbocycles. The molecule has 6 nitrogen and oxygen atoms in total. The fourth-order valence-electron chi connectivity index (χ4n) is 3.17. The average molecular weight is 331 g/mol. The molecule has 0 spiro atoms. The molecule has 0 aromatic heterocycles. The van der Waals surface area contributed by atoms with Crippen LogP contribution in [0.5, 0.6) is 5.75 Å². The second-order valence-corrected chi connectivity index (χ2v) is 6.54. The molecular weight excluding hydrogens is 306 g/mol. The van der Waals surface area contributed by atoms with Crippen molar-refractivity contribution in [2.45, 2.75) is 44.6 Å². The van der Waals surface area contributed by atoms with E-state index in [2.05, 4.69) is 5.32 Å². The number of nitrogens with one attached hydrogen (secondary N) is 1. The molecule has 0 aliphatic carbocycles. The van der Waals surface area contributed by atoms with E-state index in [1.807, 2.05) is 23.1 Å². The van der Waals surface area contributed by atoms with Gasteiger partial charge >= 0.3 is 0 Å². The van der Waals surface area contributed by atoms with Gasteiger partial charge in [-0.2, -0.15) is 0 Å². The Bertz CT molecular complexity index is 610. The zero-order valence-electron chi connectivity index (χ0n) is 13.9. The van der Waals surface area contributed by atoms with Crippen LogP contribution in [0, 0.1) is 0 Å². The number of likely N-dealkylation sites (tertiary alicyclic amines) is 1. The average Bonchev–Trinajstić information content (AvgIpc) is 2.59. The van der Waals surface area contributed by atoms with Gasteiger partial charge in [-0.05, 0) is 49.4 Å². The van der Waals surface area contributed by atoms with Crippen molar-refractivity contribution in [3.63, 3.8) is 0 Å². The quantitative estimate of drug-likeness (QED) is 0.804. The van der Waals surface area contributed by atoms with Gasteiger partial charge in [0, 0.05) is 37.7 Å². The zero-order valence-corrected chi connectivity index (χ0v) is 13.9. The molecule has 2 amide bonds. The highest BCUT2D eigenvalue weighted by Crippen LogP contribution is 2.26. The van der Waals surface area contributed by atoms with Crippen LogP contribution in [0.25, 0.3) is 0 Å². The van der Waals surface area contributed by atoms with Crippen molar-refractivity contribution in [3.05, 3.63) is 23.8 Å². The summed E-state index contributed by atoms with van der Waals surface area (Å²) in [4.78, 5) is 25.4. The van der Waals surface area contributed by atoms with Gasteiger partial charge in [0.25, 0.3) is 0 Å². The number of amides is 2. The van der Waals surface area contributed by atoms with Crippen molar-refractivity contribution in [1.29, 1.82) is 0 Å². The number of carbonyl (C=O) groups is 2. The minimum atomic E-state index is 0.0633. The molecule has 0 radical (unpaired) electrons. The number of carbonyl (C=O) groups excluding carboxylic acids is 2. The molecule has 2 aliphatic heterocycles. The first-order valence-electron chi connectivity index (χ1n) is 8.71. The predicted octanol–water partition coefficient (Wildman–Crippen LogP) is 1.68. The van der Waals surface area contributed by atoms with Crippen LogP contribution < -0.4 is 15.8 Å². The summed E-state index contributed by atoms with van der Waals surface area (Å²) in [5, 5.41) is 2.86. The summed E-state index contributed by atoms with van der Waals surface area (Å²) < 4.78 is 5.75. The second kappa shape index (κ2) is 7.66. The number of benzene rings is 1. The van der Waals surface area contributed by atoms with Crippen LogP contribution in [0.1, 0.15) is 37.7 Å². The zero-order chi connectivity index (χ0) is 16.9. The lowest BCUT2D eigenvalue weighted by Crippen LogP contribution is -2.42. The van der Waals surface area contributed by atoms with Gasteiger partial charge in [-0.3, -0.25) is 9.59 Å². The number of fused-ring (bicyclic) bond motifs is 1. The van der Waals surface area contributed by atoms with Crippen molar-refractivity contribution in [3.8, 4) is 5.75 Å². The highest BCUT2D eigenvalue weighted by atomic mass is 16.5. The standard InChI is InChI=1S/C18H25N3O3/c19-14-7-9-21(10-8-14)18(23)2-1-11-24-15-4-5-16-13(12-15)3-6-17(22)20-16/h4-5,12,14H,1-3,6-11,19H2,(H,20,22). The fourth-order valence-corrected chi connectivity index (χ4v) is 3.17. The van der Waals surface area contributed by atoms with E-state index in [4.69, 9.17) is 10.5 Å². The molecule has 3 rings (SSSR count). The van der Waals surface area contributed by atoms with E-state index in [9.17, 15) is 9.59 Å². The summed E-state index contributed by atoms with van der Waals surface area (Å²) in [6.45, 7) is 2.07. The van der Waals surface area contributed by atoms with Gasteiger partial charge in [0.2, 0.25) is 11.8 Å². The third kappa shape index (κ3) is 4.26. The third-order valence-corrected chi connectivity index (χ3v) is 4.67. The number of anilines is 1. The van der Waals surface area contributed by atoms with Crippen LogP contribution in [0.4, 0.5) is 5.69 Å².